The van der Waals surface area contributed by atoms with Crippen molar-refractivity contribution in [1.82, 2.24) is 4.57 Å². The van der Waals surface area contributed by atoms with Crippen molar-refractivity contribution < 1.29 is 0 Å². The fourth-order valence-electron chi connectivity index (χ4n) is 5.51. The van der Waals surface area contributed by atoms with E-state index >= 15 is 0 Å². The Hall–Kier alpha value is -3.84. The number of benzene rings is 5. The smallest absolute Gasteiger partial charge is 0.0550 e. The van der Waals surface area contributed by atoms with E-state index in [1.165, 1.54) is 66.1 Å². The first-order valence-electron chi connectivity index (χ1n) is 11.0. The van der Waals surface area contributed by atoms with Crippen LogP contribution >= 0.6 is 0 Å². The quantitative estimate of drug-likeness (QED) is 0.278. The van der Waals surface area contributed by atoms with E-state index in [-0.39, 0.29) is 0 Å². The second-order valence-electron chi connectivity index (χ2n) is 8.47. The van der Waals surface area contributed by atoms with Crippen molar-refractivity contribution >= 4 is 32.6 Å². The summed E-state index contributed by atoms with van der Waals surface area (Å²) in [7, 11) is 0. The van der Waals surface area contributed by atoms with E-state index in [4.69, 9.17) is 0 Å². The molecule has 0 saturated heterocycles. The Bertz CT molecular complexity index is 1650. The van der Waals surface area contributed by atoms with Crippen LogP contribution < -0.4 is 0 Å². The summed E-state index contributed by atoms with van der Waals surface area (Å²) in [6, 6.07) is 35.8. The molecule has 146 valence electrons. The van der Waals surface area contributed by atoms with Crippen molar-refractivity contribution in [2.24, 2.45) is 0 Å². The van der Waals surface area contributed by atoms with Crippen LogP contribution in [-0.4, -0.2) is 4.57 Å². The van der Waals surface area contributed by atoms with Gasteiger partial charge in [-0.3, -0.25) is 0 Å². The van der Waals surface area contributed by atoms with Crippen LogP contribution in [0, 0.1) is 0 Å². The molecule has 1 nitrogen and oxygen atoms in total. The molecule has 0 bridgehead atoms. The summed E-state index contributed by atoms with van der Waals surface area (Å²) in [5, 5.41) is 5.43. The average Bonchev–Trinajstić information content (AvgIpc) is 3.11. The van der Waals surface area contributed by atoms with Crippen LogP contribution in [0.15, 0.2) is 97.1 Å². The molecule has 6 aromatic rings. The van der Waals surface area contributed by atoms with Gasteiger partial charge < -0.3 is 4.57 Å². The van der Waals surface area contributed by atoms with Crippen LogP contribution in [0.25, 0.3) is 60.5 Å². The Morgan fingerprint density at radius 1 is 0.548 bits per heavy atom. The summed E-state index contributed by atoms with van der Waals surface area (Å²) in [5.74, 6) is 0. The molecule has 0 radical (unpaired) electrons. The van der Waals surface area contributed by atoms with Crippen LogP contribution in [-0.2, 0) is 6.42 Å². The van der Waals surface area contributed by atoms with Gasteiger partial charge in [-0.25, -0.2) is 0 Å². The van der Waals surface area contributed by atoms with Gasteiger partial charge in [0, 0.05) is 16.5 Å². The first-order chi connectivity index (χ1) is 15.3. The second kappa shape index (κ2) is 6.09. The molecular formula is C30H21N. The fourth-order valence-corrected chi connectivity index (χ4v) is 5.51. The summed E-state index contributed by atoms with van der Waals surface area (Å²) in [5.41, 5.74) is 10.5. The lowest BCUT2D eigenvalue weighted by Gasteiger charge is -2.14. The first-order valence-corrected chi connectivity index (χ1v) is 11.0. The molecule has 0 unspecified atom stereocenters. The van der Waals surface area contributed by atoms with Crippen LogP contribution in [0.1, 0.15) is 12.5 Å². The van der Waals surface area contributed by atoms with E-state index in [0.29, 0.717) is 0 Å². The van der Waals surface area contributed by atoms with Gasteiger partial charge in [-0.05, 0) is 69.3 Å². The van der Waals surface area contributed by atoms with Crippen molar-refractivity contribution in [3.63, 3.8) is 0 Å². The predicted molar refractivity (Wildman–Crippen MR) is 132 cm³/mol. The third-order valence-electron chi connectivity index (χ3n) is 6.86. The summed E-state index contributed by atoms with van der Waals surface area (Å²) >= 11 is 0. The molecule has 1 heteroatoms. The van der Waals surface area contributed by atoms with Gasteiger partial charge in [-0.15, -0.1) is 0 Å². The lowest BCUT2D eigenvalue weighted by atomic mass is 9.92. The molecule has 31 heavy (non-hydrogen) atoms. The average molecular weight is 396 g/mol. The maximum Gasteiger partial charge on any atom is 0.0550 e. The van der Waals surface area contributed by atoms with Gasteiger partial charge in [-0.2, -0.15) is 0 Å². The summed E-state index contributed by atoms with van der Waals surface area (Å²) in [6.45, 7) is 2.25. The fraction of sp³-hybridized carbons (Fsp3) is 0.0667. The molecular weight excluding hydrogens is 374 g/mol. The standard InChI is InChI=1S/C30H21N/c1-2-19-17-25-23-13-7-6-12-22(23)24-14-8-9-20-15-16-26-30(28(20)24)29(25)27(18-19)31(26)21-10-4-3-5-11-21/h3-18H,2H2,1H3. The van der Waals surface area contributed by atoms with Crippen molar-refractivity contribution in [2.45, 2.75) is 13.3 Å². The van der Waals surface area contributed by atoms with E-state index in [2.05, 4.69) is 109 Å². The summed E-state index contributed by atoms with van der Waals surface area (Å²) in [4.78, 5) is 0. The van der Waals surface area contributed by atoms with E-state index in [0.717, 1.165) is 6.42 Å². The number of nitrogens with zero attached hydrogens (tertiary/aromatic N) is 1. The molecule has 7 rings (SSSR count). The Kier molecular flexibility index (Phi) is 3.32. The zero-order valence-electron chi connectivity index (χ0n) is 17.4. The van der Waals surface area contributed by atoms with Gasteiger partial charge in [0.1, 0.15) is 0 Å². The maximum absolute atomic E-state index is 2.46. The molecule has 0 fully saturated rings. The van der Waals surface area contributed by atoms with Gasteiger partial charge in [0.05, 0.1) is 11.0 Å². The molecule has 0 atom stereocenters. The lowest BCUT2D eigenvalue weighted by Crippen LogP contribution is -1.95. The van der Waals surface area contributed by atoms with E-state index < -0.39 is 0 Å². The minimum absolute atomic E-state index is 1.02. The maximum atomic E-state index is 2.46. The molecule has 1 heterocycles. The highest BCUT2D eigenvalue weighted by atomic mass is 15.0. The van der Waals surface area contributed by atoms with E-state index in [1.54, 1.807) is 0 Å². The predicted octanol–water partition coefficient (Wildman–Crippen LogP) is 8.15. The third kappa shape index (κ3) is 2.16. The van der Waals surface area contributed by atoms with Gasteiger partial charge in [-0.1, -0.05) is 79.7 Å². The summed E-state index contributed by atoms with van der Waals surface area (Å²) in [6.07, 6.45) is 1.02. The van der Waals surface area contributed by atoms with Gasteiger partial charge in [0.25, 0.3) is 0 Å². The topological polar surface area (TPSA) is 4.93 Å². The van der Waals surface area contributed by atoms with E-state index in [1.807, 2.05) is 0 Å². The number of rotatable bonds is 2. The monoisotopic (exact) mass is 395 g/mol. The van der Waals surface area contributed by atoms with Crippen LogP contribution in [0.5, 0.6) is 0 Å². The molecule has 1 aliphatic carbocycles. The lowest BCUT2D eigenvalue weighted by molar-refractivity contribution is 1.13. The molecule has 0 N–H and O–H groups in total. The van der Waals surface area contributed by atoms with Crippen molar-refractivity contribution in [3.05, 3.63) is 103 Å². The molecule has 0 aliphatic heterocycles. The van der Waals surface area contributed by atoms with Crippen molar-refractivity contribution in [2.75, 3.05) is 0 Å². The molecule has 1 aliphatic rings. The normalized spacial score (nSPS) is 12.2. The Labute approximate surface area is 181 Å². The van der Waals surface area contributed by atoms with Crippen LogP contribution in [0.3, 0.4) is 0 Å². The number of fused-ring (bicyclic) bond motifs is 3. The number of aromatic nitrogens is 1. The highest BCUT2D eigenvalue weighted by Gasteiger charge is 2.24. The third-order valence-corrected chi connectivity index (χ3v) is 6.86. The molecule has 0 spiro atoms. The Morgan fingerprint density at radius 2 is 1.29 bits per heavy atom. The number of aryl methyl sites for hydroxylation is 1. The van der Waals surface area contributed by atoms with Gasteiger partial charge >= 0.3 is 0 Å². The largest absolute Gasteiger partial charge is 0.309 e. The highest BCUT2D eigenvalue weighted by Crippen LogP contribution is 2.49. The first kappa shape index (κ1) is 16.9. The minimum Gasteiger partial charge on any atom is -0.309 e. The van der Waals surface area contributed by atoms with Crippen molar-refractivity contribution in [3.8, 4) is 27.9 Å². The van der Waals surface area contributed by atoms with Gasteiger partial charge in [0.2, 0.25) is 0 Å². The second-order valence-corrected chi connectivity index (χ2v) is 8.47. The Balaban J connectivity index is 1.84. The molecule has 0 amide bonds. The minimum atomic E-state index is 1.02. The summed E-state index contributed by atoms with van der Waals surface area (Å²) < 4.78 is 2.46. The zero-order valence-corrected chi connectivity index (χ0v) is 17.4. The van der Waals surface area contributed by atoms with Gasteiger partial charge in [0.15, 0.2) is 0 Å². The number of hydrogen-bond acceptors (Lipinski definition) is 0. The molecule has 5 aromatic carbocycles. The highest BCUT2D eigenvalue weighted by molar-refractivity contribution is 6.30. The van der Waals surface area contributed by atoms with E-state index in [9.17, 15) is 0 Å². The Morgan fingerprint density at radius 3 is 2.10 bits per heavy atom. The van der Waals surface area contributed by atoms with Crippen LogP contribution in [0.4, 0.5) is 0 Å². The SMILES string of the molecule is CCc1cc2c3c4c5c(cccc5ccc4n(-c4ccccc4)c3c1)-c1ccccc1-2. The molecule has 0 saturated carbocycles. The van der Waals surface area contributed by atoms with Crippen LogP contribution in [0.2, 0.25) is 0 Å². The molecule has 1 aromatic heterocycles. The number of hydrogen-bond donors (Lipinski definition) is 0. The zero-order chi connectivity index (χ0) is 20.5. The van der Waals surface area contributed by atoms with Crippen molar-refractivity contribution in [1.29, 1.82) is 0 Å². The number of para-hydroxylation sites is 1.